The van der Waals surface area contributed by atoms with Gasteiger partial charge in [-0.25, -0.2) is 0 Å². The average Bonchev–Trinajstić information content (AvgIpc) is 2.57. The number of hydrogen-bond acceptors (Lipinski definition) is 4. The van der Waals surface area contributed by atoms with Crippen LogP contribution in [-0.2, 0) is 4.79 Å². The van der Waals surface area contributed by atoms with Crippen LogP contribution in [0.15, 0.2) is 60.3 Å². The summed E-state index contributed by atoms with van der Waals surface area (Å²) in [6.45, 7) is 3.40. The van der Waals surface area contributed by atoms with E-state index in [1.807, 2.05) is 37.3 Å². The monoisotopic (exact) mass is 319 g/mol. The molecule has 2 rings (SSSR count). The Hall–Kier alpha value is -3.39. The van der Waals surface area contributed by atoms with Crippen molar-refractivity contribution in [2.24, 2.45) is 0 Å². The molecule has 0 aromatic heterocycles. The van der Waals surface area contributed by atoms with Gasteiger partial charge in [-0.3, -0.25) is 9.59 Å². The topological polar surface area (TPSA) is 82.0 Å². The largest absolute Gasteiger partial charge is 0.360 e. The van der Waals surface area contributed by atoms with Crippen LogP contribution in [-0.4, -0.2) is 11.7 Å². The summed E-state index contributed by atoms with van der Waals surface area (Å²) in [6.07, 6.45) is 1.38. The molecule has 2 aromatic carbocycles. The first-order valence-electron chi connectivity index (χ1n) is 7.36. The van der Waals surface area contributed by atoms with Gasteiger partial charge in [0.15, 0.2) is 5.78 Å². The van der Waals surface area contributed by atoms with Crippen molar-refractivity contribution in [3.63, 3.8) is 0 Å². The minimum Gasteiger partial charge on any atom is -0.360 e. The Bertz CT molecular complexity index is 830. The van der Waals surface area contributed by atoms with E-state index in [0.29, 0.717) is 11.3 Å². The molecule has 0 unspecified atom stereocenters. The molecule has 5 nitrogen and oxygen atoms in total. The van der Waals surface area contributed by atoms with Gasteiger partial charge in [0, 0.05) is 23.1 Å². The Morgan fingerprint density at radius 2 is 1.75 bits per heavy atom. The first-order chi connectivity index (χ1) is 11.5. The zero-order chi connectivity index (χ0) is 17.5. The van der Waals surface area contributed by atoms with Gasteiger partial charge in [-0.2, -0.15) is 5.26 Å². The van der Waals surface area contributed by atoms with E-state index < -0.39 is 5.91 Å². The summed E-state index contributed by atoms with van der Waals surface area (Å²) in [4.78, 5) is 23.4. The normalized spacial score (nSPS) is 10.6. The number of carbonyl (C=O) groups excluding carboxylic acids is 2. The van der Waals surface area contributed by atoms with Crippen molar-refractivity contribution in [1.82, 2.24) is 0 Å². The predicted octanol–water partition coefficient (Wildman–Crippen LogP) is 3.66. The van der Waals surface area contributed by atoms with E-state index in [4.69, 9.17) is 0 Å². The number of anilines is 2. The third-order valence-corrected chi connectivity index (χ3v) is 3.43. The molecular weight excluding hydrogens is 302 g/mol. The van der Waals surface area contributed by atoms with Gasteiger partial charge in [-0.1, -0.05) is 18.2 Å². The molecule has 24 heavy (non-hydrogen) atoms. The van der Waals surface area contributed by atoms with Gasteiger partial charge in [0.05, 0.1) is 0 Å². The lowest BCUT2D eigenvalue weighted by Gasteiger charge is -2.07. The average molecular weight is 319 g/mol. The van der Waals surface area contributed by atoms with E-state index in [1.165, 1.54) is 13.1 Å². The number of amides is 1. The number of hydrogen-bond donors (Lipinski definition) is 2. The second kappa shape index (κ2) is 7.75. The number of rotatable bonds is 5. The molecule has 0 saturated heterocycles. The smallest absolute Gasteiger partial charge is 0.267 e. The van der Waals surface area contributed by atoms with E-state index in [9.17, 15) is 14.9 Å². The molecular formula is C19H17N3O2. The molecule has 0 aliphatic rings. The summed E-state index contributed by atoms with van der Waals surface area (Å²) in [5, 5.41) is 14.8. The minimum atomic E-state index is -0.519. The van der Waals surface area contributed by atoms with E-state index in [-0.39, 0.29) is 11.4 Å². The Morgan fingerprint density at radius 3 is 2.33 bits per heavy atom. The molecule has 0 radical (unpaired) electrons. The Kier molecular flexibility index (Phi) is 5.48. The first-order valence-corrected chi connectivity index (χ1v) is 7.36. The number of carbonyl (C=O) groups is 2. The van der Waals surface area contributed by atoms with Gasteiger partial charge in [-0.05, 0) is 49.7 Å². The highest BCUT2D eigenvalue weighted by atomic mass is 16.1. The van der Waals surface area contributed by atoms with Crippen molar-refractivity contribution in [3.05, 3.63) is 71.4 Å². The number of Topliss-reactive ketones (excluding diaryl/α,β-unsaturated/α-hetero) is 1. The maximum absolute atomic E-state index is 12.2. The van der Waals surface area contributed by atoms with Crippen LogP contribution in [0.5, 0.6) is 0 Å². The fourth-order valence-corrected chi connectivity index (χ4v) is 2.02. The van der Waals surface area contributed by atoms with Crippen molar-refractivity contribution in [2.45, 2.75) is 13.8 Å². The Morgan fingerprint density at radius 1 is 1.08 bits per heavy atom. The van der Waals surface area contributed by atoms with Crippen molar-refractivity contribution in [1.29, 1.82) is 5.26 Å². The van der Waals surface area contributed by atoms with Crippen LogP contribution >= 0.6 is 0 Å². The summed E-state index contributed by atoms with van der Waals surface area (Å²) in [6, 6.07) is 15.9. The molecule has 120 valence electrons. The molecule has 2 aromatic rings. The van der Waals surface area contributed by atoms with Crippen molar-refractivity contribution in [3.8, 4) is 6.07 Å². The summed E-state index contributed by atoms with van der Waals surface area (Å²) in [5.41, 5.74) is 2.86. The van der Waals surface area contributed by atoms with Gasteiger partial charge in [0.25, 0.3) is 5.91 Å². The quantitative estimate of drug-likeness (QED) is 0.500. The molecule has 5 heteroatoms. The number of para-hydroxylation sites is 1. The van der Waals surface area contributed by atoms with Crippen LogP contribution < -0.4 is 10.6 Å². The number of benzene rings is 2. The van der Waals surface area contributed by atoms with Crippen molar-refractivity contribution >= 4 is 23.1 Å². The fraction of sp³-hybridized carbons (Fsp3) is 0.105. The van der Waals surface area contributed by atoms with Crippen molar-refractivity contribution in [2.75, 3.05) is 10.6 Å². The number of nitriles is 1. The van der Waals surface area contributed by atoms with E-state index in [0.717, 1.165) is 11.3 Å². The lowest BCUT2D eigenvalue weighted by atomic mass is 10.1. The number of aryl methyl sites for hydroxylation is 1. The third-order valence-electron chi connectivity index (χ3n) is 3.43. The molecule has 0 saturated carbocycles. The maximum Gasteiger partial charge on any atom is 0.267 e. The molecule has 0 aliphatic carbocycles. The summed E-state index contributed by atoms with van der Waals surface area (Å²) in [7, 11) is 0. The van der Waals surface area contributed by atoms with Crippen LogP contribution in [0.25, 0.3) is 0 Å². The predicted molar refractivity (Wildman–Crippen MR) is 93.6 cm³/mol. The lowest BCUT2D eigenvalue weighted by molar-refractivity contribution is -0.112. The van der Waals surface area contributed by atoms with Crippen LogP contribution in [0.2, 0.25) is 0 Å². The molecule has 0 fully saturated rings. The SMILES string of the molecule is CC(=O)c1ccc(NC(=O)/C(C#N)=C\Nc2ccccc2C)cc1. The van der Waals surface area contributed by atoms with E-state index in [1.54, 1.807) is 24.3 Å². The van der Waals surface area contributed by atoms with Gasteiger partial charge in [-0.15, -0.1) is 0 Å². The minimum absolute atomic E-state index is 0.0473. The zero-order valence-corrected chi connectivity index (χ0v) is 13.5. The van der Waals surface area contributed by atoms with Gasteiger partial charge >= 0.3 is 0 Å². The Labute approximate surface area is 140 Å². The summed E-state index contributed by atoms with van der Waals surface area (Å²) < 4.78 is 0. The molecule has 1 amide bonds. The van der Waals surface area contributed by atoms with Gasteiger partial charge in [0.1, 0.15) is 11.6 Å². The number of ketones is 1. The first kappa shape index (κ1) is 17.0. The molecule has 0 aliphatic heterocycles. The Balaban J connectivity index is 2.08. The van der Waals surface area contributed by atoms with E-state index in [2.05, 4.69) is 10.6 Å². The highest BCUT2D eigenvalue weighted by Crippen LogP contribution is 2.14. The maximum atomic E-state index is 12.2. The van der Waals surface area contributed by atoms with Crippen molar-refractivity contribution < 1.29 is 9.59 Å². The molecule has 0 spiro atoms. The third kappa shape index (κ3) is 4.31. The number of nitrogens with zero attached hydrogens (tertiary/aromatic N) is 1. The molecule has 0 heterocycles. The second-order valence-electron chi connectivity index (χ2n) is 5.22. The van der Waals surface area contributed by atoms with E-state index >= 15 is 0 Å². The van der Waals surface area contributed by atoms with Crippen LogP contribution in [0.3, 0.4) is 0 Å². The second-order valence-corrected chi connectivity index (χ2v) is 5.22. The molecule has 0 bridgehead atoms. The van der Waals surface area contributed by atoms with Gasteiger partial charge < -0.3 is 10.6 Å². The van der Waals surface area contributed by atoms with Crippen LogP contribution in [0, 0.1) is 18.3 Å². The fourth-order valence-electron chi connectivity index (χ4n) is 2.02. The molecule has 2 N–H and O–H groups in total. The van der Waals surface area contributed by atoms with Crippen LogP contribution in [0.4, 0.5) is 11.4 Å². The van der Waals surface area contributed by atoms with Gasteiger partial charge in [0.2, 0.25) is 0 Å². The number of nitrogens with one attached hydrogen (secondary N) is 2. The summed E-state index contributed by atoms with van der Waals surface area (Å²) >= 11 is 0. The highest BCUT2D eigenvalue weighted by Gasteiger charge is 2.10. The van der Waals surface area contributed by atoms with Crippen LogP contribution in [0.1, 0.15) is 22.8 Å². The molecule has 0 atom stereocenters. The highest BCUT2D eigenvalue weighted by molar-refractivity contribution is 6.07. The lowest BCUT2D eigenvalue weighted by Crippen LogP contribution is -2.14. The standard InChI is InChI=1S/C19H17N3O2/c1-13-5-3-4-6-18(13)21-12-16(11-20)19(24)22-17-9-7-15(8-10-17)14(2)23/h3-10,12,21H,1-2H3,(H,22,24)/b16-12-. The zero-order valence-electron chi connectivity index (χ0n) is 13.5. The summed E-state index contributed by atoms with van der Waals surface area (Å²) in [5.74, 6) is -0.568.